The van der Waals surface area contributed by atoms with Crippen LogP contribution in [0.15, 0.2) is 36.4 Å². The van der Waals surface area contributed by atoms with Crippen LogP contribution in [0.3, 0.4) is 0 Å². The fraction of sp³-hybridized carbons (Fsp3) is 0.200. The summed E-state index contributed by atoms with van der Waals surface area (Å²) in [4.78, 5) is 0. The zero-order chi connectivity index (χ0) is 13.1. The molecule has 0 heterocycles. The SMILES string of the molecule is COc1cccc(Nc2cccc(C)c2C)c1N. The van der Waals surface area contributed by atoms with Gasteiger partial charge < -0.3 is 15.8 Å². The lowest BCUT2D eigenvalue weighted by Gasteiger charge is -2.14. The molecule has 0 fully saturated rings. The summed E-state index contributed by atoms with van der Waals surface area (Å²) in [6.45, 7) is 4.18. The van der Waals surface area contributed by atoms with Crippen LogP contribution in [0.2, 0.25) is 0 Å². The number of hydrogen-bond acceptors (Lipinski definition) is 3. The number of rotatable bonds is 3. The standard InChI is InChI=1S/C15H18N2O/c1-10-6-4-7-12(11(10)2)17-13-8-5-9-14(18-3)15(13)16/h4-9,17H,16H2,1-3H3. The lowest BCUT2D eigenvalue weighted by molar-refractivity contribution is 0.417. The molecular formula is C15H18N2O. The van der Waals surface area contributed by atoms with Gasteiger partial charge in [-0.2, -0.15) is 0 Å². The summed E-state index contributed by atoms with van der Waals surface area (Å²) < 4.78 is 5.21. The normalized spacial score (nSPS) is 10.2. The van der Waals surface area contributed by atoms with E-state index in [-0.39, 0.29) is 0 Å². The average molecular weight is 242 g/mol. The van der Waals surface area contributed by atoms with Crippen LogP contribution < -0.4 is 15.8 Å². The van der Waals surface area contributed by atoms with Gasteiger partial charge in [0.15, 0.2) is 0 Å². The highest BCUT2D eigenvalue weighted by atomic mass is 16.5. The van der Waals surface area contributed by atoms with E-state index < -0.39 is 0 Å². The van der Waals surface area contributed by atoms with Crippen molar-refractivity contribution in [3.05, 3.63) is 47.5 Å². The Morgan fingerprint density at radius 3 is 2.39 bits per heavy atom. The Morgan fingerprint density at radius 1 is 1.00 bits per heavy atom. The third-order valence-corrected chi connectivity index (χ3v) is 3.16. The van der Waals surface area contributed by atoms with Crippen molar-refractivity contribution in [2.75, 3.05) is 18.2 Å². The Bertz CT molecular complexity index is 564. The van der Waals surface area contributed by atoms with Crippen LogP contribution in [-0.4, -0.2) is 7.11 Å². The molecule has 2 aromatic carbocycles. The van der Waals surface area contributed by atoms with Crippen LogP contribution in [0.4, 0.5) is 17.1 Å². The molecule has 0 aliphatic carbocycles. The molecule has 94 valence electrons. The van der Waals surface area contributed by atoms with E-state index in [1.165, 1.54) is 11.1 Å². The number of nitrogens with one attached hydrogen (secondary N) is 1. The second kappa shape index (κ2) is 5.00. The van der Waals surface area contributed by atoms with Crippen molar-refractivity contribution in [1.29, 1.82) is 0 Å². The Labute approximate surface area is 108 Å². The molecule has 0 spiro atoms. The molecule has 0 unspecified atom stereocenters. The first-order valence-corrected chi connectivity index (χ1v) is 5.89. The third-order valence-electron chi connectivity index (χ3n) is 3.16. The highest BCUT2D eigenvalue weighted by molar-refractivity contribution is 5.78. The van der Waals surface area contributed by atoms with Crippen LogP contribution in [0, 0.1) is 13.8 Å². The van der Waals surface area contributed by atoms with Gasteiger partial charge in [0.05, 0.1) is 18.5 Å². The number of anilines is 3. The number of nitrogens with two attached hydrogens (primary N) is 1. The van der Waals surface area contributed by atoms with Gasteiger partial charge in [-0.3, -0.25) is 0 Å². The summed E-state index contributed by atoms with van der Waals surface area (Å²) in [5, 5.41) is 3.35. The molecular weight excluding hydrogens is 224 g/mol. The minimum atomic E-state index is 0.626. The lowest BCUT2D eigenvalue weighted by atomic mass is 10.1. The van der Waals surface area contributed by atoms with Crippen molar-refractivity contribution in [1.82, 2.24) is 0 Å². The highest BCUT2D eigenvalue weighted by Crippen LogP contribution is 2.32. The minimum Gasteiger partial charge on any atom is -0.495 e. The first-order chi connectivity index (χ1) is 8.63. The largest absolute Gasteiger partial charge is 0.495 e. The van der Waals surface area contributed by atoms with Gasteiger partial charge in [0.2, 0.25) is 0 Å². The molecule has 0 atom stereocenters. The van der Waals surface area contributed by atoms with Crippen LogP contribution in [0.25, 0.3) is 0 Å². The van der Waals surface area contributed by atoms with Crippen LogP contribution >= 0.6 is 0 Å². The quantitative estimate of drug-likeness (QED) is 0.808. The molecule has 18 heavy (non-hydrogen) atoms. The number of ether oxygens (including phenoxy) is 1. The summed E-state index contributed by atoms with van der Waals surface area (Å²) in [6.07, 6.45) is 0. The Balaban J connectivity index is 2.37. The van der Waals surface area contributed by atoms with Gasteiger partial charge in [0, 0.05) is 5.69 Å². The second-order valence-corrected chi connectivity index (χ2v) is 4.29. The third kappa shape index (κ3) is 2.25. The van der Waals surface area contributed by atoms with Crippen LogP contribution in [0.1, 0.15) is 11.1 Å². The van der Waals surface area contributed by atoms with Gasteiger partial charge in [-0.1, -0.05) is 18.2 Å². The molecule has 0 radical (unpaired) electrons. The van der Waals surface area contributed by atoms with Crippen molar-refractivity contribution in [2.24, 2.45) is 0 Å². The topological polar surface area (TPSA) is 47.3 Å². The van der Waals surface area contributed by atoms with Gasteiger partial charge >= 0.3 is 0 Å². The lowest BCUT2D eigenvalue weighted by Crippen LogP contribution is -2.00. The molecule has 0 saturated heterocycles. The first kappa shape index (κ1) is 12.3. The van der Waals surface area contributed by atoms with Crippen LogP contribution in [0.5, 0.6) is 5.75 Å². The Morgan fingerprint density at radius 2 is 1.67 bits per heavy atom. The van der Waals surface area contributed by atoms with E-state index in [2.05, 4.69) is 25.2 Å². The maximum absolute atomic E-state index is 6.04. The van der Waals surface area contributed by atoms with Crippen molar-refractivity contribution in [3.63, 3.8) is 0 Å². The van der Waals surface area contributed by atoms with Crippen molar-refractivity contribution < 1.29 is 4.74 Å². The summed E-state index contributed by atoms with van der Waals surface area (Å²) in [5.41, 5.74) is 11.1. The number of benzene rings is 2. The molecule has 0 aliphatic heterocycles. The van der Waals surface area contributed by atoms with E-state index in [4.69, 9.17) is 10.5 Å². The van der Waals surface area contributed by atoms with Crippen LogP contribution in [-0.2, 0) is 0 Å². The van der Waals surface area contributed by atoms with E-state index in [0.29, 0.717) is 11.4 Å². The number of hydrogen-bond donors (Lipinski definition) is 2. The number of aryl methyl sites for hydroxylation is 1. The van der Waals surface area contributed by atoms with E-state index >= 15 is 0 Å². The molecule has 0 saturated carbocycles. The van der Waals surface area contributed by atoms with Crippen molar-refractivity contribution in [3.8, 4) is 5.75 Å². The zero-order valence-corrected chi connectivity index (χ0v) is 10.9. The van der Waals surface area contributed by atoms with E-state index in [9.17, 15) is 0 Å². The fourth-order valence-electron chi connectivity index (χ4n) is 1.86. The average Bonchev–Trinajstić information content (AvgIpc) is 2.37. The maximum Gasteiger partial charge on any atom is 0.143 e. The second-order valence-electron chi connectivity index (χ2n) is 4.29. The summed E-state index contributed by atoms with van der Waals surface area (Å²) >= 11 is 0. The number of methoxy groups -OCH3 is 1. The Hall–Kier alpha value is -2.16. The Kier molecular flexibility index (Phi) is 3.42. The molecule has 0 aromatic heterocycles. The summed E-state index contributed by atoms with van der Waals surface area (Å²) in [5.74, 6) is 0.685. The zero-order valence-electron chi connectivity index (χ0n) is 10.9. The molecule has 2 aromatic rings. The number of para-hydroxylation sites is 1. The predicted molar refractivity (Wildman–Crippen MR) is 76.6 cm³/mol. The van der Waals surface area contributed by atoms with Gasteiger partial charge in [0.25, 0.3) is 0 Å². The van der Waals surface area contributed by atoms with Gasteiger partial charge in [0.1, 0.15) is 5.75 Å². The van der Waals surface area contributed by atoms with E-state index in [0.717, 1.165) is 11.4 Å². The van der Waals surface area contributed by atoms with E-state index in [1.807, 2.05) is 30.3 Å². The first-order valence-electron chi connectivity index (χ1n) is 5.89. The highest BCUT2D eigenvalue weighted by Gasteiger charge is 2.07. The van der Waals surface area contributed by atoms with Gasteiger partial charge in [-0.15, -0.1) is 0 Å². The van der Waals surface area contributed by atoms with Gasteiger partial charge in [-0.05, 0) is 43.2 Å². The van der Waals surface area contributed by atoms with Crippen molar-refractivity contribution in [2.45, 2.75) is 13.8 Å². The fourth-order valence-corrected chi connectivity index (χ4v) is 1.86. The maximum atomic E-state index is 6.04. The molecule has 3 N–H and O–H groups in total. The van der Waals surface area contributed by atoms with E-state index in [1.54, 1.807) is 7.11 Å². The molecule has 0 aliphatic rings. The molecule has 3 nitrogen and oxygen atoms in total. The summed E-state index contributed by atoms with van der Waals surface area (Å²) in [6, 6.07) is 11.9. The molecule has 2 rings (SSSR count). The number of nitrogen functional groups attached to an aromatic ring is 1. The summed E-state index contributed by atoms with van der Waals surface area (Å²) in [7, 11) is 1.62. The minimum absolute atomic E-state index is 0.626. The smallest absolute Gasteiger partial charge is 0.143 e. The monoisotopic (exact) mass is 242 g/mol. The molecule has 3 heteroatoms. The van der Waals surface area contributed by atoms with Crippen molar-refractivity contribution >= 4 is 17.1 Å². The molecule has 0 amide bonds. The predicted octanol–water partition coefficient (Wildman–Crippen LogP) is 3.64. The van der Waals surface area contributed by atoms with Gasteiger partial charge in [-0.25, -0.2) is 0 Å². The molecule has 0 bridgehead atoms.